The molecule has 0 radical (unpaired) electrons. The van der Waals surface area contributed by atoms with E-state index in [1.165, 1.54) is 4.68 Å². The molecule has 0 saturated heterocycles. The number of nitrogens with zero attached hydrogens (tertiary/aromatic N) is 3. The van der Waals surface area contributed by atoms with Gasteiger partial charge in [-0.3, -0.25) is 14.3 Å². The average molecular weight is 296 g/mol. The zero-order valence-corrected chi connectivity index (χ0v) is 12.4. The number of amides is 2. The minimum atomic E-state index is -0.288. The van der Waals surface area contributed by atoms with Crippen molar-refractivity contribution in [1.82, 2.24) is 15.1 Å². The van der Waals surface area contributed by atoms with Crippen LogP contribution in [0.2, 0.25) is 0 Å². The number of fused-ring (bicyclic) bond motifs is 1. The molecule has 0 fully saturated rings. The number of carbonyl (C=O) groups is 2. The molecule has 1 N–H and O–H groups in total. The minimum Gasteiger partial charge on any atom is -0.325 e. The molecule has 2 heterocycles. The van der Waals surface area contributed by atoms with Crippen molar-refractivity contribution in [2.45, 2.75) is 20.4 Å². The lowest BCUT2D eigenvalue weighted by molar-refractivity contribution is -0.118. The molecule has 6 heteroatoms. The molecule has 0 saturated carbocycles. The highest BCUT2D eigenvalue weighted by molar-refractivity contribution is 6.11. The Hall–Kier alpha value is -2.76. The summed E-state index contributed by atoms with van der Waals surface area (Å²) >= 11 is 0. The van der Waals surface area contributed by atoms with Crippen LogP contribution in [0.4, 0.5) is 0 Å². The summed E-state index contributed by atoms with van der Waals surface area (Å²) in [4.78, 5) is 27.8. The summed E-state index contributed by atoms with van der Waals surface area (Å²) in [6, 6.07) is 1.75. The zero-order chi connectivity index (χ0) is 15.7. The second-order valence-corrected chi connectivity index (χ2v) is 5.33. The van der Waals surface area contributed by atoms with Gasteiger partial charge in [-0.05, 0) is 32.1 Å². The lowest BCUT2D eigenvalue weighted by Crippen LogP contribution is -2.35. The summed E-state index contributed by atoms with van der Waals surface area (Å²) in [5, 5.41) is 6.82. The van der Waals surface area contributed by atoms with Crippen LogP contribution in [0.1, 0.15) is 13.8 Å². The number of carbonyl (C=O) groups excluding carboxylic acids is 2. The van der Waals surface area contributed by atoms with Crippen LogP contribution >= 0.6 is 0 Å². The van der Waals surface area contributed by atoms with Gasteiger partial charge >= 0.3 is 0 Å². The van der Waals surface area contributed by atoms with Crippen LogP contribution in [0, 0.1) is 5.92 Å². The summed E-state index contributed by atoms with van der Waals surface area (Å²) in [6.45, 7) is 3.86. The van der Waals surface area contributed by atoms with Crippen LogP contribution in [0.3, 0.4) is 0 Å². The Kier molecular flexibility index (Phi) is 3.58. The number of nitrogens with one attached hydrogen (secondary N) is 1. The summed E-state index contributed by atoms with van der Waals surface area (Å²) < 4.78 is 1.52. The minimum absolute atomic E-state index is 0.0536. The van der Waals surface area contributed by atoms with Crippen LogP contribution in [0.5, 0.6) is 0 Å². The molecule has 0 aromatic carbocycles. The van der Waals surface area contributed by atoms with Gasteiger partial charge in [-0.2, -0.15) is 5.10 Å². The van der Waals surface area contributed by atoms with E-state index in [0.717, 1.165) is 16.8 Å². The number of hydrogen-bond acceptors (Lipinski definition) is 3. The van der Waals surface area contributed by atoms with E-state index in [0.29, 0.717) is 5.71 Å². The quantitative estimate of drug-likeness (QED) is 0.896. The van der Waals surface area contributed by atoms with Crippen molar-refractivity contribution in [3.05, 3.63) is 53.5 Å². The predicted octanol–water partition coefficient (Wildman–Crippen LogP) is 1.39. The molecule has 1 unspecified atom stereocenters. The third kappa shape index (κ3) is 2.67. The molecule has 0 bridgehead atoms. The SMILES string of the molecule is CC1=C(C)C2C=CC(=NC(=O)Cn3cccn3)C=C2NC1=O. The van der Waals surface area contributed by atoms with E-state index < -0.39 is 0 Å². The Morgan fingerprint density at radius 3 is 3.00 bits per heavy atom. The Balaban J connectivity index is 1.80. The smallest absolute Gasteiger partial charge is 0.267 e. The maximum atomic E-state index is 11.9. The first-order valence-corrected chi connectivity index (χ1v) is 7.02. The fraction of sp³-hybridized carbons (Fsp3) is 0.250. The molecule has 1 aliphatic heterocycles. The van der Waals surface area contributed by atoms with Crippen LogP contribution in [-0.4, -0.2) is 27.3 Å². The van der Waals surface area contributed by atoms with E-state index in [1.54, 1.807) is 24.5 Å². The highest BCUT2D eigenvalue weighted by Crippen LogP contribution is 2.29. The van der Waals surface area contributed by atoms with Gasteiger partial charge in [0.15, 0.2) is 0 Å². The number of aromatic nitrogens is 2. The van der Waals surface area contributed by atoms with Crippen molar-refractivity contribution in [2.24, 2.45) is 10.9 Å². The van der Waals surface area contributed by atoms with Gasteiger partial charge in [0, 0.05) is 29.6 Å². The largest absolute Gasteiger partial charge is 0.325 e. The van der Waals surface area contributed by atoms with Gasteiger partial charge in [-0.1, -0.05) is 11.6 Å². The molecule has 1 aliphatic carbocycles. The van der Waals surface area contributed by atoms with Crippen molar-refractivity contribution in [3.63, 3.8) is 0 Å². The van der Waals surface area contributed by atoms with Gasteiger partial charge in [0.05, 0.1) is 5.71 Å². The fourth-order valence-electron chi connectivity index (χ4n) is 2.51. The molecule has 1 aromatic rings. The molecule has 2 amide bonds. The molecule has 22 heavy (non-hydrogen) atoms. The van der Waals surface area contributed by atoms with E-state index in [2.05, 4.69) is 15.4 Å². The molecule has 6 nitrogen and oxygen atoms in total. The van der Waals surface area contributed by atoms with Crippen molar-refractivity contribution in [1.29, 1.82) is 0 Å². The maximum absolute atomic E-state index is 11.9. The Labute approximate surface area is 127 Å². The molecule has 0 spiro atoms. The van der Waals surface area contributed by atoms with Gasteiger partial charge < -0.3 is 5.32 Å². The first-order chi connectivity index (χ1) is 10.5. The standard InChI is InChI=1S/C16H16N4O2/c1-10-11(2)16(22)19-14-8-12(4-5-13(10)14)18-15(21)9-20-7-3-6-17-20/h3-8,13H,9H2,1-2H3,(H,19,22). The normalized spacial score (nSPS) is 22.5. The zero-order valence-electron chi connectivity index (χ0n) is 12.4. The summed E-state index contributed by atoms with van der Waals surface area (Å²) in [5.41, 5.74) is 3.06. The van der Waals surface area contributed by atoms with E-state index in [9.17, 15) is 9.59 Å². The van der Waals surface area contributed by atoms with Crippen molar-refractivity contribution in [3.8, 4) is 0 Å². The second-order valence-electron chi connectivity index (χ2n) is 5.33. The van der Waals surface area contributed by atoms with E-state index in [4.69, 9.17) is 0 Å². The third-order valence-corrected chi connectivity index (χ3v) is 3.86. The number of aliphatic imine (C=N–C) groups is 1. The Bertz CT molecular complexity index is 751. The van der Waals surface area contributed by atoms with E-state index >= 15 is 0 Å². The summed E-state index contributed by atoms with van der Waals surface area (Å²) in [6.07, 6.45) is 8.83. The van der Waals surface area contributed by atoms with E-state index in [-0.39, 0.29) is 24.3 Å². The molecular formula is C16H16N4O2. The van der Waals surface area contributed by atoms with Crippen molar-refractivity contribution < 1.29 is 9.59 Å². The predicted molar refractivity (Wildman–Crippen MR) is 81.9 cm³/mol. The lowest BCUT2D eigenvalue weighted by Gasteiger charge is -2.28. The Morgan fingerprint density at radius 2 is 2.27 bits per heavy atom. The number of rotatable bonds is 2. The monoisotopic (exact) mass is 296 g/mol. The topological polar surface area (TPSA) is 76.3 Å². The molecule has 2 aliphatic rings. The van der Waals surface area contributed by atoms with Gasteiger partial charge in [0.2, 0.25) is 0 Å². The molecule has 1 aromatic heterocycles. The van der Waals surface area contributed by atoms with Crippen LogP contribution in [0.25, 0.3) is 0 Å². The molecule has 3 rings (SSSR count). The first-order valence-electron chi connectivity index (χ1n) is 7.02. The fourth-order valence-corrected chi connectivity index (χ4v) is 2.51. The van der Waals surface area contributed by atoms with Crippen molar-refractivity contribution in [2.75, 3.05) is 0 Å². The maximum Gasteiger partial charge on any atom is 0.267 e. The summed E-state index contributed by atoms with van der Waals surface area (Å²) in [7, 11) is 0. The van der Waals surface area contributed by atoms with Crippen LogP contribution in [0.15, 0.2) is 58.5 Å². The van der Waals surface area contributed by atoms with Gasteiger partial charge in [0.1, 0.15) is 6.54 Å². The Morgan fingerprint density at radius 1 is 1.45 bits per heavy atom. The average Bonchev–Trinajstić information content (AvgIpc) is 2.97. The highest BCUT2D eigenvalue weighted by Gasteiger charge is 2.27. The second kappa shape index (κ2) is 5.55. The van der Waals surface area contributed by atoms with Crippen molar-refractivity contribution >= 4 is 17.5 Å². The third-order valence-electron chi connectivity index (χ3n) is 3.86. The van der Waals surface area contributed by atoms with Crippen LogP contribution in [-0.2, 0) is 16.1 Å². The molecule has 112 valence electrons. The number of hydrogen-bond donors (Lipinski definition) is 1. The van der Waals surface area contributed by atoms with Crippen LogP contribution < -0.4 is 5.32 Å². The first kappa shape index (κ1) is 14.2. The van der Waals surface area contributed by atoms with Gasteiger partial charge in [-0.25, -0.2) is 4.99 Å². The summed E-state index contributed by atoms with van der Waals surface area (Å²) in [5.74, 6) is -0.334. The number of allylic oxidation sites excluding steroid dienone is 3. The van der Waals surface area contributed by atoms with Gasteiger partial charge in [-0.15, -0.1) is 0 Å². The highest BCUT2D eigenvalue weighted by atomic mass is 16.2. The lowest BCUT2D eigenvalue weighted by atomic mass is 9.85. The van der Waals surface area contributed by atoms with Gasteiger partial charge in [0.25, 0.3) is 11.8 Å². The van der Waals surface area contributed by atoms with E-state index in [1.807, 2.05) is 26.0 Å². The molecule has 1 atom stereocenters. The molecular weight excluding hydrogens is 280 g/mol.